The number of hydrogen-bond acceptors (Lipinski definition) is 2. The maximum atomic E-state index is 16.1. The van der Waals surface area contributed by atoms with E-state index in [1.54, 1.807) is 13.8 Å². The SMILES string of the molecule is CC1=C(c2ccccc2)S[C@]2(C(C)C)C1=C1C(=C3C(C)=C(c4ccccc4)S[C@]32C(C)C)C(F)(F)C(F)(F)C1(F)F. The van der Waals surface area contributed by atoms with Gasteiger partial charge in [0, 0.05) is 21.0 Å². The number of fused-ring (bicyclic) bond motifs is 4. The Morgan fingerprint density at radius 2 is 0.829 bits per heavy atom. The molecule has 2 aliphatic heterocycles. The lowest BCUT2D eigenvalue weighted by Crippen LogP contribution is -2.59. The van der Waals surface area contributed by atoms with Crippen LogP contribution < -0.4 is 0 Å². The van der Waals surface area contributed by atoms with Gasteiger partial charge >= 0.3 is 17.8 Å². The first kappa shape index (κ1) is 28.8. The smallest absolute Gasteiger partial charge is 0.194 e. The molecule has 41 heavy (non-hydrogen) atoms. The first-order chi connectivity index (χ1) is 19.1. The van der Waals surface area contributed by atoms with Crippen molar-refractivity contribution >= 4 is 33.3 Å². The second-order valence-corrected chi connectivity index (χ2v) is 14.4. The van der Waals surface area contributed by atoms with Crippen LogP contribution in [0.15, 0.2) is 94.1 Å². The molecule has 2 heterocycles. The summed E-state index contributed by atoms with van der Waals surface area (Å²) in [6.45, 7) is 10.8. The van der Waals surface area contributed by atoms with Crippen molar-refractivity contribution < 1.29 is 26.3 Å². The lowest BCUT2D eigenvalue weighted by Gasteiger charge is -2.56. The minimum atomic E-state index is -5.58. The molecule has 0 unspecified atom stereocenters. The summed E-state index contributed by atoms with van der Waals surface area (Å²) in [5.41, 5.74) is -0.261. The van der Waals surface area contributed by atoms with Gasteiger partial charge in [-0.3, -0.25) is 0 Å². The van der Waals surface area contributed by atoms with Gasteiger partial charge in [-0.2, -0.15) is 26.3 Å². The molecule has 2 atom stereocenters. The Morgan fingerprint density at radius 3 is 1.12 bits per heavy atom. The van der Waals surface area contributed by atoms with E-state index in [9.17, 15) is 0 Å². The third-order valence-electron chi connectivity index (χ3n) is 9.12. The van der Waals surface area contributed by atoms with E-state index in [1.165, 1.54) is 23.5 Å². The lowest BCUT2D eigenvalue weighted by molar-refractivity contribution is -0.258. The summed E-state index contributed by atoms with van der Waals surface area (Å²) in [6, 6.07) is 18.3. The van der Waals surface area contributed by atoms with Crippen molar-refractivity contribution in [3.63, 3.8) is 0 Å². The van der Waals surface area contributed by atoms with Crippen molar-refractivity contribution in [3.05, 3.63) is 105 Å². The van der Waals surface area contributed by atoms with Gasteiger partial charge in [-0.15, -0.1) is 23.5 Å². The zero-order valence-corrected chi connectivity index (χ0v) is 25.1. The van der Waals surface area contributed by atoms with Gasteiger partial charge in [0.2, 0.25) is 0 Å². The molecule has 0 amide bonds. The van der Waals surface area contributed by atoms with Crippen LogP contribution in [0.4, 0.5) is 26.3 Å². The fourth-order valence-electron chi connectivity index (χ4n) is 7.42. The number of allylic oxidation sites excluding steroid dienone is 4. The van der Waals surface area contributed by atoms with E-state index in [0.29, 0.717) is 21.0 Å². The highest BCUT2D eigenvalue weighted by molar-refractivity contribution is 8.14. The quantitative estimate of drug-likeness (QED) is 0.319. The zero-order valence-electron chi connectivity index (χ0n) is 23.5. The number of thioether (sulfide) groups is 2. The average Bonchev–Trinajstić information content (AvgIpc) is 3.45. The monoisotopic (exact) mass is 604 g/mol. The number of rotatable bonds is 4. The van der Waals surface area contributed by atoms with Crippen molar-refractivity contribution in [3.8, 4) is 0 Å². The van der Waals surface area contributed by atoms with Gasteiger partial charge in [0.15, 0.2) is 0 Å². The van der Waals surface area contributed by atoms with Crippen LogP contribution in [0.2, 0.25) is 0 Å². The van der Waals surface area contributed by atoms with Crippen molar-refractivity contribution in [1.82, 2.24) is 0 Å². The second kappa shape index (κ2) is 8.85. The Kier molecular flexibility index (Phi) is 6.21. The molecule has 216 valence electrons. The molecule has 2 aromatic rings. The Balaban J connectivity index is 1.84. The standard InChI is InChI=1S/C33H30F6S2/c1-17(2)29-23(19(5)27(40-29)21-13-9-7-10-14-21)25-26(32(36,37)33(38,39)31(25,34)35)24-20(6)28(22-15-11-8-12-16-22)41-30(24,29)18(3)4/h7-18H,1-6H3/t29-,30-/m1/s1. The van der Waals surface area contributed by atoms with E-state index < -0.39 is 38.4 Å². The first-order valence-electron chi connectivity index (χ1n) is 13.7. The fraction of sp³-hybridized carbons (Fsp3) is 0.394. The molecule has 0 N–H and O–H groups in total. The van der Waals surface area contributed by atoms with Crippen LogP contribution in [0.1, 0.15) is 52.7 Å². The van der Waals surface area contributed by atoms with Gasteiger partial charge in [-0.25, -0.2) is 0 Å². The predicted octanol–water partition coefficient (Wildman–Crippen LogP) is 10.7. The van der Waals surface area contributed by atoms with E-state index in [-0.39, 0.29) is 23.0 Å². The van der Waals surface area contributed by atoms with E-state index in [2.05, 4.69) is 0 Å². The molecule has 2 aliphatic carbocycles. The molecule has 6 rings (SSSR count). The molecular weight excluding hydrogens is 574 g/mol. The summed E-state index contributed by atoms with van der Waals surface area (Å²) >= 11 is 2.76. The van der Waals surface area contributed by atoms with Crippen molar-refractivity contribution in [2.24, 2.45) is 11.8 Å². The van der Waals surface area contributed by atoms with Crippen molar-refractivity contribution in [2.45, 2.75) is 68.8 Å². The van der Waals surface area contributed by atoms with Gasteiger partial charge in [0.25, 0.3) is 0 Å². The topological polar surface area (TPSA) is 0 Å². The molecule has 0 bridgehead atoms. The molecular formula is C33H30F6S2. The fourth-order valence-corrected chi connectivity index (χ4v) is 11.5. The summed E-state index contributed by atoms with van der Waals surface area (Å²) < 4.78 is 92.8. The van der Waals surface area contributed by atoms with E-state index in [1.807, 2.05) is 88.4 Å². The molecule has 0 nitrogen and oxygen atoms in total. The van der Waals surface area contributed by atoms with Crippen molar-refractivity contribution in [2.75, 3.05) is 0 Å². The predicted molar refractivity (Wildman–Crippen MR) is 157 cm³/mol. The summed E-state index contributed by atoms with van der Waals surface area (Å²) in [4.78, 5) is 1.31. The third-order valence-corrected chi connectivity index (χ3v) is 13.4. The first-order valence-corrected chi connectivity index (χ1v) is 15.3. The van der Waals surface area contributed by atoms with Gasteiger partial charge in [-0.05, 0) is 59.1 Å². The van der Waals surface area contributed by atoms with Crippen LogP contribution in [0, 0.1) is 11.8 Å². The Labute approximate surface area is 245 Å². The van der Waals surface area contributed by atoms with E-state index in [0.717, 1.165) is 11.1 Å². The van der Waals surface area contributed by atoms with Gasteiger partial charge in [-0.1, -0.05) is 88.4 Å². The van der Waals surface area contributed by atoms with Gasteiger partial charge < -0.3 is 0 Å². The van der Waals surface area contributed by atoms with Crippen LogP contribution >= 0.6 is 23.5 Å². The van der Waals surface area contributed by atoms with Gasteiger partial charge in [0.05, 0.1) is 9.49 Å². The van der Waals surface area contributed by atoms with Crippen LogP contribution in [0.3, 0.4) is 0 Å². The third kappa shape index (κ3) is 3.19. The number of hydrogen-bond donors (Lipinski definition) is 0. The zero-order chi connectivity index (χ0) is 29.9. The van der Waals surface area contributed by atoms with Crippen LogP contribution in [0.25, 0.3) is 9.81 Å². The highest BCUT2D eigenvalue weighted by atomic mass is 32.2. The maximum Gasteiger partial charge on any atom is 0.380 e. The summed E-state index contributed by atoms with van der Waals surface area (Å²) in [7, 11) is 0. The molecule has 1 saturated carbocycles. The minimum Gasteiger partial charge on any atom is -0.194 e. The molecule has 1 fully saturated rings. The average molecular weight is 605 g/mol. The lowest BCUT2D eigenvalue weighted by atomic mass is 9.60. The van der Waals surface area contributed by atoms with E-state index in [4.69, 9.17) is 0 Å². The Hall–Kier alpha value is -2.32. The maximum absolute atomic E-state index is 16.1. The molecule has 0 aromatic heterocycles. The second-order valence-electron chi connectivity index (χ2n) is 11.8. The number of halogens is 6. The minimum absolute atomic E-state index is 0.0553. The van der Waals surface area contributed by atoms with Crippen LogP contribution in [-0.2, 0) is 0 Å². The largest absolute Gasteiger partial charge is 0.380 e. The number of alkyl halides is 6. The Bertz CT molecular complexity index is 1460. The van der Waals surface area contributed by atoms with Crippen LogP contribution in [0.5, 0.6) is 0 Å². The summed E-state index contributed by atoms with van der Waals surface area (Å²) in [5, 5.41) is 0. The highest BCUT2D eigenvalue weighted by Gasteiger charge is 2.85. The van der Waals surface area contributed by atoms with Crippen LogP contribution in [-0.4, -0.2) is 27.3 Å². The molecule has 0 spiro atoms. The molecule has 0 radical (unpaired) electrons. The number of benzene rings is 2. The Morgan fingerprint density at radius 1 is 0.512 bits per heavy atom. The van der Waals surface area contributed by atoms with Gasteiger partial charge in [0.1, 0.15) is 0 Å². The summed E-state index contributed by atoms with van der Waals surface area (Å²) in [6.07, 6.45) is 0. The molecule has 0 saturated heterocycles. The highest BCUT2D eigenvalue weighted by Crippen LogP contribution is 2.80. The van der Waals surface area contributed by atoms with Crippen molar-refractivity contribution in [1.29, 1.82) is 0 Å². The summed E-state index contributed by atoms with van der Waals surface area (Å²) in [5.74, 6) is -16.5. The molecule has 8 heteroatoms. The normalized spacial score (nSPS) is 29.6. The molecule has 2 aromatic carbocycles. The molecule has 4 aliphatic rings. The van der Waals surface area contributed by atoms with E-state index >= 15 is 26.3 Å².